The van der Waals surface area contributed by atoms with Gasteiger partial charge in [-0.25, -0.2) is 4.98 Å². The molecule has 11 rings (SSSR count). The molecule has 0 unspecified atom stereocenters. The highest BCUT2D eigenvalue weighted by Crippen LogP contribution is 2.46. The van der Waals surface area contributed by atoms with E-state index in [9.17, 15) is 0 Å². The summed E-state index contributed by atoms with van der Waals surface area (Å²) in [4.78, 5) is 5.16. The number of aromatic nitrogens is 2. The number of pyridine rings is 1. The molecule has 0 atom stereocenters. The summed E-state index contributed by atoms with van der Waals surface area (Å²) >= 11 is 1.84. The Kier molecular flexibility index (Phi) is 6.29. The Morgan fingerprint density at radius 2 is 1.40 bits per heavy atom. The zero-order valence-electron chi connectivity index (χ0n) is 28.7. The maximum Gasteiger partial charge on any atom is 0.155 e. The molecule has 0 spiro atoms. The smallest absolute Gasteiger partial charge is 0.155 e. The second-order valence-corrected chi connectivity index (χ2v) is 15.0. The van der Waals surface area contributed by atoms with Crippen LogP contribution in [-0.4, -0.2) is 9.55 Å². The SMILES string of the molecule is C=CC=Cc1c(C)c2ccccc2c2cc(-c3ccc4sc5c(-n6c7ccccc7c7ccc8c(c76)Cc6ccccc6-8)nccc5c4c3)ccc12. The molecule has 0 amide bonds. The first kappa shape index (κ1) is 29.4. The van der Waals surface area contributed by atoms with E-state index in [-0.39, 0.29) is 0 Å². The summed E-state index contributed by atoms with van der Waals surface area (Å²) in [6.45, 7) is 6.15. The fourth-order valence-electron chi connectivity index (χ4n) is 8.89. The van der Waals surface area contributed by atoms with E-state index < -0.39 is 0 Å². The number of fused-ring (bicyclic) bond motifs is 13. The van der Waals surface area contributed by atoms with Gasteiger partial charge >= 0.3 is 0 Å². The second-order valence-electron chi connectivity index (χ2n) is 13.9. The maximum absolute atomic E-state index is 5.16. The molecule has 0 aliphatic heterocycles. The molecule has 244 valence electrons. The highest BCUT2D eigenvalue weighted by atomic mass is 32.1. The first-order valence-electron chi connectivity index (χ1n) is 17.9. The van der Waals surface area contributed by atoms with Gasteiger partial charge in [-0.2, -0.15) is 0 Å². The van der Waals surface area contributed by atoms with E-state index in [4.69, 9.17) is 4.98 Å². The van der Waals surface area contributed by atoms with Crippen molar-refractivity contribution >= 4 is 80.9 Å². The highest BCUT2D eigenvalue weighted by Gasteiger charge is 2.26. The molecule has 0 fully saturated rings. The van der Waals surface area contributed by atoms with Crippen LogP contribution in [0.2, 0.25) is 0 Å². The number of aryl methyl sites for hydroxylation is 1. The van der Waals surface area contributed by atoms with Crippen LogP contribution in [0, 0.1) is 6.92 Å². The van der Waals surface area contributed by atoms with Crippen LogP contribution >= 0.6 is 11.3 Å². The third kappa shape index (κ3) is 4.08. The van der Waals surface area contributed by atoms with Crippen LogP contribution in [0.5, 0.6) is 0 Å². The Bertz CT molecular complexity index is 3190. The van der Waals surface area contributed by atoms with Gasteiger partial charge in [-0.15, -0.1) is 11.3 Å². The summed E-state index contributed by atoms with van der Waals surface area (Å²) < 4.78 is 4.93. The Balaban J connectivity index is 1.13. The van der Waals surface area contributed by atoms with Gasteiger partial charge in [0.25, 0.3) is 0 Å². The summed E-state index contributed by atoms with van der Waals surface area (Å²) in [7, 11) is 0. The van der Waals surface area contributed by atoms with Crippen LogP contribution in [0.4, 0.5) is 0 Å². The number of thiophene rings is 1. The number of allylic oxidation sites excluding steroid dienone is 2. The van der Waals surface area contributed by atoms with Gasteiger partial charge in [0.2, 0.25) is 0 Å². The molecule has 0 radical (unpaired) electrons. The minimum Gasteiger partial charge on any atom is -0.292 e. The normalized spacial score (nSPS) is 12.6. The quantitative estimate of drug-likeness (QED) is 0.134. The summed E-state index contributed by atoms with van der Waals surface area (Å²) in [6.07, 6.45) is 9.00. The van der Waals surface area contributed by atoms with Crippen LogP contribution in [-0.2, 0) is 6.42 Å². The minimum atomic E-state index is 0.928. The molecule has 10 aromatic rings. The molecule has 3 heterocycles. The van der Waals surface area contributed by atoms with E-state index in [0.29, 0.717) is 0 Å². The standard InChI is InChI=1S/C49H32N2S/c1-3-4-12-33-29(2)34-13-7-8-15-36(34)42-26-30(18-20-37(33)42)31-19-23-46-43(27-31)41-24-25-50-49(48(41)52-46)51-45-17-10-9-16-39(45)40-22-21-38-35-14-6-5-11-32(35)28-44(38)47(40)51/h3-27H,1,28H2,2H3. The number of hydrogen-bond donors (Lipinski definition) is 0. The number of rotatable bonds is 4. The molecular weight excluding hydrogens is 649 g/mol. The number of para-hydroxylation sites is 1. The van der Waals surface area contributed by atoms with Gasteiger partial charge in [-0.1, -0.05) is 122 Å². The molecule has 3 heteroatoms. The molecule has 7 aromatic carbocycles. The van der Waals surface area contributed by atoms with Crippen LogP contribution in [0.15, 0.2) is 152 Å². The monoisotopic (exact) mass is 680 g/mol. The van der Waals surface area contributed by atoms with Crippen molar-refractivity contribution in [3.05, 3.63) is 175 Å². The molecule has 0 N–H and O–H groups in total. The van der Waals surface area contributed by atoms with Crippen molar-refractivity contribution < 1.29 is 0 Å². The molecule has 2 nitrogen and oxygen atoms in total. The fourth-order valence-corrected chi connectivity index (χ4v) is 10.0. The van der Waals surface area contributed by atoms with E-state index in [1.165, 1.54) is 108 Å². The Labute approximate surface area is 305 Å². The van der Waals surface area contributed by atoms with Crippen molar-refractivity contribution in [2.24, 2.45) is 0 Å². The fraction of sp³-hybridized carbons (Fsp3) is 0.0408. The Hall–Kier alpha value is -6.29. The van der Waals surface area contributed by atoms with Crippen LogP contribution in [0.1, 0.15) is 22.3 Å². The lowest BCUT2D eigenvalue weighted by atomic mass is 9.90. The lowest BCUT2D eigenvalue weighted by Crippen LogP contribution is -1.99. The molecule has 52 heavy (non-hydrogen) atoms. The predicted molar refractivity (Wildman–Crippen MR) is 224 cm³/mol. The van der Waals surface area contributed by atoms with Gasteiger partial charge in [0.15, 0.2) is 5.82 Å². The van der Waals surface area contributed by atoms with Gasteiger partial charge in [0.1, 0.15) is 0 Å². The summed E-state index contributed by atoms with van der Waals surface area (Å²) in [5, 5.41) is 10.2. The summed E-state index contributed by atoms with van der Waals surface area (Å²) in [5.74, 6) is 1.00. The summed E-state index contributed by atoms with van der Waals surface area (Å²) in [5.41, 5.74) is 12.9. The van der Waals surface area contributed by atoms with Crippen LogP contribution < -0.4 is 0 Å². The molecule has 0 bridgehead atoms. The Morgan fingerprint density at radius 1 is 0.654 bits per heavy atom. The number of benzene rings is 7. The van der Waals surface area contributed by atoms with Gasteiger partial charge in [0.05, 0.1) is 15.7 Å². The van der Waals surface area contributed by atoms with E-state index in [1.807, 2.05) is 29.7 Å². The highest BCUT2D eigenvalue weighted by molar-refractivity contribution is 7.26. The average Bonchev–Trinajstić information content (AvgIpc) is 3.87. The van der Waals surface area contributed by atoms with Crippen molar-refractivity contribution in [3.63, 3.8) is 0 Å². The number of nitrogens with zero attached hydrogens (tertiary/aromatic N) is 2. The van der Waals surface area contributed by atoms with Crippen molar-refractivity contribution in [2.75, 3.05) is 0 Å². The Morgan fingerprint density at radius 3 is 2.29 bits per heavy atom. The first-order chi connectivity index (χ1) is 25.7. The predicted octanol–water partition coefficient (Wildman–Crippen LogP) is 13.6. The van der Waals surface area contributed by atoms with Crippen molar-refractivity contribution in [1.29, 1.82) is 0 Å². The molecular formula is C49H32N2S. The molecule has 0 saturated heterocycles. The number of hydrogen-bond acceptors (Lipinski definition) is 2. The van der Waals surface area contributed by atoms with Gasteiger partial charge in [-0.3, -0.25) is 4.57 Å². The lowest BCUT2D eigenvalue weighted by molar-refractivity contribution is 1.09. The maximum atomic E-state index is 5.16. The van der Waals surface area contributed by atoms with E-state index in [2.05, 4.69) is 152 Å². The van der Waals surface area contributed by atoms with E-state index >= 15 is 0 Å². The van der Waals surface area contributed by atoms with Crippen molar-refractivity contribution in [3.8, 4) is 28.1 Å². The third-order valence-corrected chi connectivity index (χ3v) is 12.4. The summed E-state index contributed by atoms with van der Waals surface area (Å²) in [6, 6.07) is 47.2. The molecule has 1 aliphatic carbocycles. The second kappa shape index (κ2) is 11.1. The largest absolute Gasteiger partial charge is 0.292 e. The topological polar surface area (TPSA) is 17.8 Å². The first-order valence-corrected chi connectivity index (χ1v) is 18.7. The molecule has 0 saturated carbocycles. The van der Waals surface area contributed by atoms with Gasteiger partial charge in [-0.05, 0) is 103 Å². The van der Waals surface area contributed by atoms with Gasteiger partial charge < -0.3 is 0 Å². The van der Waals surface area contributed by atoms with Crippen molar-refractivity contribution in [2.45, 2.75) is 13.3 Å². The van der Waals surface area contributed by atoms with Gasteiger partial charge in [0, 0.05) is 38.9 Å². The van der Waals surface area contributed by atoms with Crippen LogP contribution in [0.25, 0.3) is 97.7 Å². The minimum absolute atomic E-state index is 0.928. The molecule has 1 aliphatic rings. The molecule has 3 aromatic heterocycles. The lowest BCUT2D eigenvalue weighted by Gasteiger charge is -2.14. The van der Waals surface area contributed by atoms with E-state index in [0.717, 1.165) is 12.2 Å². The average molecular weight is 681 g/mol. The van der Waals surface area contributed by atoms with Crippen LogP contribution in [0.3, 0.4) is 0 Å². The zero-order chi connectivity index (χ0) is 34.5. The van der Waals surface area contributed by atoms with E-state index in [1.54, 1.807) is 0 Å². The zero-order valence-corrected chi connectivity index (χ0v) is 29.5. The third-order valence-electron chi connectivity index (χ3n) is 11.3. The van der Waals surface area contributed by atoms with Crippen molar-refractivity contribution in [1.82, 2.24) is 9.55 Å².